The Hall–Kier alpha value is -2.78. The van der Waals surface area contributed by atoms with Crippen LogP contribution in [0.3, 0.4) is 0 Å². The van der Waals surface area contributed by atoms with Gasteiger partial charge in [0.05, 0.1) is 12.2 Å². The van der Waals surface area contributed by atoms with Crippen molar-refractivity contribution >= 4 is 5.96 Å². The lowest BCUT2D eigenvalue weighted by Gasteiger charge is -2.21. The first kappa shape index (κ1) is 23.9. The van der Waals surface area contributed by atoms with E-state index in [2.05, 4.69) is 17.1 Å². The van der Waals surface area contributed by atoms with Gasteiger partial charge in [0.2, 0.25) is 11.7 Å². The van der Waals surface area contributed by atoms with Gasteiger partial charge in [-0.1, -0.05) is 44.2 Å². The summed E-state index contributed by atoms with van der Waals surface area (Å²) in [5.41, 5.74) is 4.91. The molecular weight excluding hydrogens is 423 g/mol. The van der Waals surface area contributed by atoms with E-state index in [-0.39, 0.29) is 41.6 Å². The van der Waals surface area contributed by atoms with Gasteiger partial charge < -0.3 is 19.9 Å². The number of halogens is 3. The third-order valence-corrected chi connectivity index (χ3v) is 5.59. The van der Waals surface area contributed by atoms with Gasteiger partial charge in [-0.15, -0.1) is 0 Å². The highest BCUT2D eigenvalue weighted by molar-refractivity contribution is 5.75. The topological polar surface area (TPSA) is 101 Å². The Morgan fingerprint density at radius 3 is 2.72 bits per heavy atom. The van der Waals surface area contributed by atoms with Crippen molar-refractivity contribution in [3.05, 3.63) is 29.7 Å². The zero-order valence-corrected chi connectivity index (χ0v) is 18.2. The molecule has 176 valence electrons. The third kappa shape index (κ3) is 5.92. The summed E-state index contributed by atoms with van der Waals surface area (Å²) in [4.78, 5) is 5.92. The molecule has 1 fully saturated rings. The Kier molecular flexibility index (Phi) is 7.98. The van der Waals surface area contributed by atoms with Gasteiger partial charge in [0.15, 0.2) is 5.96 Å². The molecule has 1 saturated heterocycles. The number of benzene rings is 1. The van der Waals surface area contributed by atoms with E-state index in [0.717, 1.165) is 38.2 Å². The highest BCUT2D eigenvalue weighted by Crippen LogP contribution is 2.39. The molecule has 0 radical (unpaired) electrons. The van der Waals surface area contributed by atoms with Crippen LogP contribution in [0.25, 0.3) is 11.4 Å². The zero-order chi connectivity index (χ0) is 23.1. The minimum Gasteiger partial charge on any atom is -0.493 e. The fourth-order valence-electron chi connectivity index (χ4n) is 3.88. The lowest BCUT2D eigenvalue weighted by molar-refractivity contribution is -0.138. The van der Waals surface area contributed by atoms with Crippen LogP contribution >= 0.6 is 0 Å². The number of nitrogens with zero attached hydrogens (tertiary/aromatic N) is 3. The van der Waals surface area contributed by atoms with Crippen molar-refractivity contribution in [3.8, 4) is 17.1 Å². The van der Waals surface area contributed by atoms with E-state index in [0.29, 0.717) is 19.4 Å². The Labute approximate surface area is 185 Å². The molecule has 0 bridgehead atoms. The van der Waals surface area contributed by atoms with Crippen LogP contribution in [-0.4, -0.2) is 34.2 Å². The molecule has 0 unspecified atom stereocenters. The molecule has 10 heteroatoms. The molecule has 32 heavy (non-hydrogen) atoms. The average Bonchev–Trinajstić information content (AvgIpc) is 3.42. The van der Waals surface area contributed by atoms with E-state index >= 15 is 0 Å². The molecule has 1 atom stereocenters. The number of unbranched alkanes of at least 4 members (excludes halogenated alkanes) is 5. The molecule has 3 N–H and O–H groups in total. The average molecular weight is 454 g/mol. The second kappa shape index (κ2) is 10.7. The van der Waals surface area contributed by atoms with E-state index in [4.69, 9.17) is 20.4 Å². The molecule has 0 amide bonds. The van der Waals surface area contributed by atoms with Crippen molar-refractivity contribution in [1.82, 2.24) is 15.0 Å². The SMILES string of the molecule is CCCCCCCCOc1ccc(-c2noc([C@H]3CCCN3C(=N)N)n2)cc1C(F)(F)F. The first-order chi connectivity index (χ1) is 15.3. The first-order valence-electron chi connectivity index (χ1n) is 11.1. The fraction of sp³-hybridized carbons (Fsp3) is 0.591. The van der Waals surface area contributed by atoms with Crippen LogP contribution in [0.1, 0.15) is 75.8 Å². The monoisotopic (exact) mass is 453 g/mol. The second-order valence-corrected chi connectivity index (χ2v) is 8.02. The van der Waals surface area contributed by atoms with Crippen LogP contribution in [0, 0.1) is 5.41 Å². The van der Waals surface area contributed by atoms with Gasteiger partial charge >= 0.3 is 6.18 Å². The van der Waals surface area contributed by atoms with Gasteiger partial charge in [0.1, 0.15) is 11.8 Å². The molecule has 1 aliphatic rings. The maximum absolute atomic E-state index is 13.7. The Bertz CT molecular complexity index is 900. The largest absolute Gasteiger partial charge is 0.493 e. The van der Waals surface area contributed by atoms with Crippen LogP contribution in [0.4, 0.5) is 13.2 Å². The van der Waals surface area contributed by atoms with Crippen LogP contribution < -0.4 is 10.5 Å². The van der Waals surface area contributed by atoms with E-state index in [1.54, 1.807) is 4.90 Å². The van der Waals surface area contributed by atoms with Gasteiger partial charge in [-0.25, -0.2) is 0 Å². The summed E-state index contributed by atoms with van der Waals surface area (Å²) in [6.45, 7) is 2.97. The molecule has 7 nitrogen and oxygen atoms in total. The predicted molar refractivity (Wildman–Crippen MR) is 114 cm³/mol. The fourth-order valence-corrected chi connectivity index (χ4v) is 3.88. The van der Waals surface area contributed by atoms with Crippen LogP contribution in [-0.2, 0) is 6.18 Å². The highest BCUT2D eigenvalue weighted by atomic mass is 19.4. The Morgan fingerprint density at radius 2 is 2.00 bits per heavy atom. The molecule has 0 saturated carbocycles. The molecule has 2 aromatic rings. The van der Waals surface area contributed by atoms with Crippen LogP contribution in [0.5, 0.6) is 5.75 Å². The molecular formula is C22H30F3N5O2. The molecule has 1 aromatic carbocycles. The first-order valence-corrected chi connectivity index (χ1v) is 11.1. The Morgan fingerprint density at radius 1 is 1.25 bits per heavy atom. The number of hydrogen-bond acceptors (Lipinski definition) is 5. The molecule has 0 aliphatic carbocycles. The van der Waals surface area contributed by atoms with Gasteiger partial charge in [0, 0.05) is 12.1 Å². The van der Waals surface area contributed by atoms with Gasteiger partial charge in [-0.05, 0) is 37.5 Å². The van der Waals surface area contributed by atoms with E-state index in [9.17, 15) is 13.2 Å². The summed E-state index contributed by atoms with van der Waals surface area (Å²) in [6, 6.07) is 3.46. The predicted octanol–water partition coefficient (Wildman–Crippen LogP) is 5.53. The second-order valence-electron chi connectivity index (χ2n) is 8.02. The van der Waals surface area contributed by atoms with E-state index in [1.165, 1.54) is 18.6 Å². The Balaban J connectivity index is 1.71. The lowest BCUT2D eigenvalue weighted by Crippen LogP contribution is -2.35. The molecule has 0 spiro atoms. The third-order valence-electron chi connectivity index (χ3n) is 5.59. The van der Waals surface area contributed by atoms with Crippen molar-refractivity contribution in [2.75, 3.05) is 13.2 Å². The summed E-state index contributed by atoms with van der Waals surface area (Å²) in [7, 11) is 0. The summed E-state index contributed by atoms with van der Waals surface area (Å²) < 4.78 is 51.7. The molecule has 3 rings (SSSR count). The summed E-state index contributed by atoms with van der Waals surface area (Å²) >= 11 is 0. The number of guanidine groups is 1. The summed E-state index contributed by atoms with van der Waals surface area (Å²) in [6.07, 6.45) is 3.08. The van der Waals surface area contributed by atoms with Gasteiger partial charge in [-0.2, -0.15) is 18.2 Å². The molecule has 1 aromatic heterocycles. The highest BCUT2D eigenvalue weighted by Gasteiger charge is 2.36. The minimum absolute atomic E-state index is 0.0587. The number of ether oxygens (including phenoxy) is 1. The van der Waals surface area contributed by atoms with Crippen molar-refractivity contribution < 1.29 is 22.4 Å². The van der Waals surface area contributed by atoms with Gasteiger partial charge in [0.25, 0.3) is 0 Å². The number of likely N-dealkylation sites (tertiary alicyclic amines) is 1. The van der Waals surface area contributed by atoms with Crippen molar-refractivity contribution in [2.45, 2.75) is 70.5 Å². The maximum atomic E-state index is 13.7. The van der Waals surface area contributed by atoms with E-state index < -0.39 is 11.7 Å². The van der Waals surface area contributed by atoms with Crippen molar-refractivity contribution in [3.63, 3.8) is 0 Å². The number of aromatic nitrogens is 2. The van der Waals surface area contributed by atoms with Crippen molar-refractivity contribution in [2.24, 2.45) is 5.73 Å². The standard InChI is InChI=1S/C22H30F3N5O2/c1-2-3-4-5-6-7-13-31-18-11-10-15(14-16(18)22(23,24)25)19-28-20(32-29-19)17-9-8-12-30(17)21(26)27/h10-11,14,17H,2-9,12-13H2,1H3,(H3,26,27)/t17-/m1/s1. The summed E-state index contributed by atoms with van der Waals surface area (Å²) in [5, 5.41) is 11.5. The minimum atomic E-state index is -4.57. The quantitative estimate of drug-likeness (QED) is 0.279. The van der Waals surface area contributed by atoms with Gasteiger partial charge in [-0.3, -0.25) is 5.41 Å². The van der Waals surface area contributed by atoms with Crippen LogP contribution in [0.2, 0.25) is 0 Å². The summed E-state index contributed by atoms with van der Waals surface area (Å²) in [5.74, 6) is 0.00332. The lowest BCUT2D eigenvalue weighted by atomic mass is 10.1. The van der Waals surface area contributed by atoms with Crippen molar-refractivity contribution in [1.29, 1.82) is 5.41 Å². The number of rotatable bonds is 10. The molecule has 1 aliphatic heterocycles. The number of alkyl halides is 3. The number of hydrogen-bond donors (Lipinski definition) is 2. The smallest absolute Gasteiger partial charge is 0.419 e. The van der Waals surface area contributed by atoms with Crippen LogP contribution in [0.15, 0.2) is 22.7 Å². The zero-order valence-electron chi connectivity index (χ0n) is 18.2. The molecule has 2 heterocycles. The maximum Gasteiger partial charge on any atom is 0.419 e. The van der Waals surface area contributed by atoms with E-state index in [1.807, 2.05) is 0 Å². The normalized spacial score (nSPS) is 16.5. The number of nitrogens with one attached hydrogen (secondary N) is 1. The number of nitrogens with two attached hydrogens (primary N) is 1.